The highest BCUT2D eigenvalue weighted by molar-refractivity contribution is 6.32. The molecule has 2 aromatic carbocycles. The van der Waals surface area contributed by atoms with Gasteiger partial charge in [0.15, 0.2) is 0 Å². The largest absolute Gasteiger partial charge is 0.496 e. The quantitative estimate of drug-likeness (QED) is 0.854. The number of methoxy groups -OCH3 is 1. The van der Waals surface area contributed by atoms with Gasteiger partial charge in [0.05, 0.1) is 18.5 Å². The van der Waals surface area contributed by atoms with E-state index in [0.29, 0.717) is 16.5 Å². The fourth-order valence-corrected chi connectivity index (χ4v) is 2.71. The number of carbonyl (C=O) groups is 1. The standard InChI is InChI=1S/C17H15ClN2O2/c1-20-14-8-7-11(18)9-13(14)17(19-10-16(20)21)12-5-3-4-6-15(12)22-2/h3-9H,10H2,1-2H3. The first-order valence-corrected chi connectivity index (χ1v) is 7.24. The minimum absolute atomic E-state index is 0.0616. The van der Waals surface area contributed by atoms with Crippen LogP contribution in [0.15, 0.2) is 47.5 Å². The summed E-state index contributed by atoms with van der Waals surface area (Å²) in [5.74, 6) is 0.651. The lowest BCUT2D eigenvalue weighted by atomic mass is 9.99. The zero-order valence-corrected chi connectivity index (χ0v) is 13.1. The number of fused-ring (bicyclic) bond motifs is 1. The monoisotopic (exact) mass is 314 g/mol. The van der Waals surface area contributed by atoms with Crippen LogP contribution in [-0.2, 0) is 4.79 Å². The number of ether oxygens (including phenoxy) is 1. The average molecular weight is 315 g/mol. The molecule has 0 unspecified atom stereocenters. The van der Waals surface area contributed by atoms with Crippen molar-refractivity contribution in [2.75, 3.05) is 25.6 Å². The van der Waals surface area contributed by atoms with Crippen molar-refractivity contribution in [1.29, 1.82) is 0 Å². The van der Waals surface area contributed by atoms with E-state index in [9.17, 15) is 4.79 Å². The predicted octanol–water partition coefficient (Wildman–Crippen LogP) is 3.16. The Morgan fingerprint density at radius 1 is 1.18 bits per heavy atom. The van der Waals surface area contributed by atoms with Gasteiger partial charge in [-0.3, -0.25) is 9.79 Å². The normalized spacial score (nSPS) is 14.2. The molecule has 0 aromatic heterocycles. The summed E-state index contributed by atoms with van der Waals surface area (Å²) >= 11 is 6.15. The fraction of sp³-hybridized carbons (Fsp3) is 0.176. The number of benzene rings is 2. The number of carbonyl (C=O) groups excluding carboxylic acids is 1. The molecule has 3 rings (SSSR count). The minimum Gasteiger partial charge on any atom is -0.496 e. The molecule has 0 saturated heterocycles. The maximum absolute atomic E-state index is 12.1. The number of anilines is 1. The molecule has 0 atom stereocenters. The minimum atomic E-state index is -0.0616. The van der Waals surface area contributed by atoms with Crippen LogP contribution in [0.25, 0.3) is 0 Å². The van der Waals surface area contributed by atoms with Crippen LogP contribution in [-0.4, -0.2) is 32.3 Å². The molecule has 22 heavy (non-hydrogen) atoms. The Hall–Kier alpha value is -2.33. The van der Waals surface area contributed by atoms with E-state index in [1.54, 1.807) is 25.1 Å². The Bertz CT molecular complexity index is 771. The van der Waals surface area contributed by atoms with Crippen molar-refractivity contribution < 1.29 is 9.53 Å². The Balaban J connectivity index is 2.25. The van der Waals surface area contributed by atoms with E-state index in [1.807, 2.05) is 36.4 Å². The predicted molar refractivity (Wildman–Crippen MR) is 88.4 cm³/mol. The van der Waals surface area contributed by atoms with Gasteiger partial charge >= 0.3 is 0 Å². The van der Waals surface area contributed by atoms with Gasteiger partial charge in [-0.25, -0.2) is 0 Å². The third kappa shape index (κ3) is 2.46. The number of halogens is 1. The van der Waals surface area contributed by atoms with E-state index in [-0.39, 0.29) is 12.5 Å². The summed E-state index contributed by atoms with van der Waals surface area (Å²) in [6.45, 7) is 0.0934. The number of para-hydroxylation sites is 1. The lowest BCUT2D eigenvalue weighted by Gasteiger charge is -2.18. The topological polar surface area (TPSA) is 41.9 Å². The first kappa shape index (κ1) is 14.6. The summed E-state index contributed by atoms with van der Waals surface area (Å²) in [5.41, 5.74) is 3.17. The molecule has 0 spiro atoms. The first-order valence-electron chi connectivity index (χ1n) is 6.86. The second kappa shape index (κ2) is 5.81. The van der Waals surface area contributed by atoms with Crippen LogP contribution in [0.4, 0.5) is 5.69 Å². The van der Waals surface area contributed by atoms with E-state index in [1.165, 1.54) is 0 Å². The number of hydrogen-bond donors (Lipinski definition) is 0. The Morgan fingerprint density at radius 3 is 2.73 bits per heavy atom. The van der Waals surface area contributed by atoms with Gasteiger partial charge in [0.2, 0.25) is 5.91 Å². The van der Waals surface area contributed by atoms with Gasteiger partial charge in [-0.2, -0.15) is 0 Å². The van der Waals surface area contributed by atoms with Gasteiger partial charge in [-0.15, -0.1) is 0 Å². The molecule has 0 saturated carbocycles. The third-order valence-corrected chi connectivity index (χ3v) is 3.92. The van der Waals surface area contributed by atoms with Gasteiger partial charge in [-0.05, 0) is 30.3 Å². The zero-order chi connectivity index (χ0) is 15.7. The molecule has 0 aliphatic carbocycles. The number of hydrogen-bond acceptors (Lipinski definition) is 3. The second-order valence-corrected chi connectivity index (χ2v) is 5.42. The molecule has 112 valence electrons. The number of rotatable bonds is 2. The third-order valence-electron chi connectivity index (χ3n) is 3.68. The van der Waals surface area contributed by atoms with Gasteiger partial charge in [0.1, 0.15) is 12.3 Å². The van der Waals surface area contributed by atoms with E-state index in [2.05, 4.69) is 4.99 Å². The van der Waals surface area contributed by atoms with Crippen molar-refractivity contribution in [2.24, 2.45) is 4.99 Å². The van der Waals surface area contributed by atoms with Crippen LogP contribution < -0.4 is 9.64 Å². The second-order valence-electron chi connectivity index (χ2n) is 4.98. The fourth-order valence-electron chi connectivity index (χ4n) is 2.53. The number of benzodiazepines with no additional fused rings is 1. The van der Waals surface area contributed by atoms with Crippen molar-refractivity contribution in [3.63, 3.8) is 0 Å². The van der Waals surface area contributed by atoms with Gasteiger partial charge in [0.25, 0.3) is 0 Å². The molecule has 0 N–H and O–H groups in total. The maximum Gasteiger partial charge on any atom is 0.248 e. The number of aliphatic imine (C=N–C) groups is 1. The van der Waals surface area contributed by atoms with E-state index >= 15 is 0 Å². The van der Waals surface area contributed by atoms with Crippen molar-refractivity contribution in [3.8, 4) is 5.75 Å². The van der Waals surface area contributed by atoms with Crippen LogP contribution in [0.3, 0.4) is 0 Å². The smallest absolute Gasteiger partial charge is 0.248 e. The lowest BCUT2D eigenvalue weighted by Crippen LogP contribution is -2.27. The Labute approximate surface area is 134 Å². The first-order chi connectivity index (χ1) is 10.6. The summed E-state index contributed by atoms with van der Waals surface area (Å²) in [5, 5.41) is 0.601. The van der Waals surface area contributed by atoms with Crippen LogP contribution in [0.2, 0.25) is 5.02 Å². The average Bonchev–Trinajstić information content (AvgIpc) is 2.65. The molecule has 4 nitrogen and oxygen atoms in total. The highest BCUT2D eigenvalue weighted by Crippen LogP contribution is 2.31. The summed E-state index contributed by atoms with van der Waals surface area (Å²) in [7, 11) is 3.36. The van der Waals surface area contributed by atoms with Crippen LogP contribution >= 0.6 is 11.6 Å². The van der Waals surface area contributed by atoms with Crippen LogP contribution in [0.1, 0.15) is 11.1 Å². The molecule has 1 amide bonds. The highest BCUT2D eigenvalue weighted by atomic mass is 35.5. The molecule has 2 aromatic rings. The molecule has 5 heteroatoms. The molecule has 0 radical (unpaired) electrons. The van der Waals surface area contributed by atoms with Gasteiger partial charge in [-0.1, -0.05) is 23.7 Å². The van der Waals surface area contributed by atoms with Crippen molar-refractivity contribution in [1.82, 2.24) is 0 Å². The van der Waals surface area contributed by atoms with Gasteiger partial charge < -0.3 is 9.64 Å². The molecule has 0 fully saturated rings. The van der Waals surface area contributed by atoms with Gasteiger partial charge in [0, 0.05) is 23.2 Å². The number of nitrogens with zero attached hydrogens (tertiary/aromatic N) is 2. The maximum atomic E-state index is 12.1. The van der Waals surface area contributed by atoms with Crippen molar-refractivity contribution >= 4 is 28.9 Å². The van der Waals surface area contributed by atoms with E-state index in [0.717, 1.165) is 16.8 Å². The SMILES string of the molecule is COc1ccccc1C1=NCC(=O)N(C)c2ccc(Cl)cc21. The van der Waals surface area contributed by atoms with Crippen LogP contribution in [0, 0.1) is 0 Å². The molecule has 1 aliphatic heterocycles. The number of likely N-dealkylation sites (N-methyl/N-ethyl adjacent to an activating group) is 1. The zero-order valence-electron chi connectivity index (χ0n) is 12.3. The summed E-state index contributed by atoms with van der Waals surface area (Å²) in [6, 6.07) is 13.1. The molecule has 1 heterocycles. The Morgan fingerprint density at radius 2 is 1.95 bits per heavy atom. The summed E-state index contributed by atoms with van der Waals surface area (Å²) < 4.78 is 5.43. The van der Waals surface area contributed by atoms with Crippen molar-refractivity contribution in [3.05, 3.63) is 58.6 Å². The Kier molecular flexibility index (Phi) is 3.86. The molecule has 1 aliphatic rings. The summed E-state index contributed by atoms with van der Waals surface area (Å²) in [6.07, 6.45) is 0. The molecule has 0 bridgehead atoms. The van der Waals surface area contributed by atoms with E-state index in [4.69, 9.17) is 16.3 Å². The molecular weight excluding hydrogens is 300 g/mol. The number of amides is 1. The van der Waals surface area contributed by atoms with E-state index < -0.39 is 0 Å². The lowest BCUT2D eigenvalue weighted by molar-refractivity contribution is -0.116. The van der Waals surface area contributed by atoms with Crippen LogP contribution in [0.5, 0.6) is 5.75 Å². The molecular formula is C17H15ClN2O2. The summed E-state index contributed by atoms with van der Waals surface area (Å²) in [4.78, 5) is 18.3. The van der Waals surface area contributed by atoms with Crippen molar-refractivity contribution in [2.45, 2.75) is 0 Å². The highest BCUT2D eigenvalue weighted by Gasteiger charge is 2.24.